The summed E-state index contributed by atoms with van der Waals surface area (Å²) in [7, 11) is 1.70. The Hall–Kier alpha value is -2.30. The van der Waals surface area contributed by atoms with Gasteiger partial charge >= 0.3 is 0 Å². The van der Waals surface area contributed by atoms with Crippen LogP contribution in [-0.2, 0) is 13.0 Å². The molecule has 23 heavy (non-hydrogen) atoms. The van der Waals surface area contributed by atoms with E-state index in [1.54, 1.807) is 7.11 Å². The van der Waals surface area contributed by atoms with Crippen molar-refractivity contribution in [3.05, 3.63) is 65.9 Å². The minimum absolute atomic E-state index is 0.0731. The highest BCUT2D eigenvalue weighted by atomic mass is 16.5. The van der Waals surface area contributed by atoms with Crippen LogP contribution >= 0.6 is 0 Å². The molecular formula is C19H23N3O. The number of H-pyrrole nitrogens is 1. The summed E-state index contributed by atoms with van der Waals surface area (Å²) in [5, 5.41) is 4.68. The first-order valence-corrected chi connectivity index (χ1v) is 7.91. The molecule has 1 aromatic heterocycles. The van der Waals surface area contributed by atoms with E-state index >= 15 is 0 Å². The maximum Gasteiger partial charge on any atom is 0.123 e. The number of hydrogen-bond acceptors (Lipinski definition) is 3. The molecule has 0 aliphatic carbocycles. The van der Waals surface area contributed by atoms with Gasteiger partial charge in [-0.2, -0.15) is 0 Å². The summed E-state index contributed by atoms with van der Waals surface area (Å²) >= 11 is 0. The summed E-state index contributed by atoms with van der Waals surface area (Å²) < 4.78 is 5.36. The number of aromatic nitrogens is 1. The van der Waals surface area contributed by atoms with E-state index in [-0.39, 0.29) is 6.04 Å². The maximum atomic E-state index is 6.28. The average molecular weight is 309 g/mol. The molecule has 1 unspecified atom stereocenters. The van der Waals surface area contributed by atoms with E-state index in [0.29, 0.717) is 0 Å². The number of nitrogens with two attached hydrogens (primary N) is 1. The Morgan fingerprint density at radius 1 is 1.09 bits per heavy atom. The number of hydrogen-bond donors (Lipinski definition) is 3. The maximum absolute atomic E-state index is 6.28. The topological polar surface area (TPSA) is 63.1 Å². The molecule has 3 aromatic rings. The monoisotopic (exact) mass is 309 g/mol. The highest BCUT2D eigenvalue weighted by Crippen LogP contribution is 2.19. The molecule has 0 spiro atoms. The molecule has 0 saturated heterocycles. The molecule has 0 aliphatic heterocycles. The Bertz CT molecular complexity index is 766. The molecule has 120 valence electrons. The summed E-state index contributed by atoms with van der Waals surface area (Å²) in [4.78, 5) is 3.30. The lowest BCUT2D eigenvalue weighted by Gasteiger charge is -2.14. The molecule has 0 radical (unpaired) electrons. The van der Waals surface area contributed by atoms with Crippen LogP contribution in [0.4, 0.5) is 0 Å². The Labute approximate surface area is 136 Å². The van der Waals surface area contributed by atoms with Gasteiger partial charge in [-0.25, -0.2) is 0 Å². The van der Waals surface area contributed by atoms with Crippen LogP contribution in [0, 0.1) is 0 Å². The van der Waals surface area contributed by atoms with Gasteiger partial charge in [-0.1, -0.05) is 36.4 Å². The lowest BCUT2D eigenvalue weighted by molar-refractivity contribution is 0.407. The van der Waals surface area contributed by atoms with Gasteiger partial charge in [0.2, 0.25) is 0 Å². The minimum Gasteiger partial charge on any atom is -0.496 e. The smallest absolute Gasteiger partial charge is 0.123 e. The first-order chi connectivity index (χ1) is 11.3. The summed E-state index contributed by atoms with van der Waals surface area (Å²) in [6.07, 6.45) is 2.91. The molecule has 0 amide bonds. The van der Waals surface area contributed by atoms with Crippen molar-refractivity contribution < 1.29 is 4.74 Å². The molecule has 0 saturated carbocycles. The van der Waals surface area contributed by atoms with Crippen molar-refractivity contribution in [2.75, 3.05) is 13.7 Å². The molecule has 4 heteroatoms. The lowest BCUT2D eigenvalue weighted by atomic mass is 10.1. The molecule has 0 aliphatic rings. The lowest BCUT2D eigenvalue weighted by Crippen LogP contribution is -2.35. The average Bonchev–Trinajstić information content (AvgIpc) is 2.98. The van der Waals surface area contributed by atoms with Gasteiger partial charge < -0.3 is 20.8 Å². The number of aromatic amines is 1. The van der Waals surface area contributed by atoms with E-state index in [9.17, 15) is 0 Å². The van der Waals surface area contributed by atoms with Crippen molar-refractivity contribution in [2.24, 2.45) is 5.73 Å². The predicted molar refractivity (Wildman–Crippen MR) is 94.7 cm³/mol. The molecule has 0 bridgehead atoms. The van der Waals surface area contributed by atoms with Crippen molar-refractivity contribution in [2.45, 2.75) is 19.0 Å². The second-order valence-electron chi connectivity index (χ2n) is 5.77. The van der Waals surface area contributed by atoms with Gasteiger partial charge in [0.05, 0.1) is 7.11 Å². The largest absolute Gasteiger partial charge is 0.496 e. The van der Waals surface area contributed by atoms with Crippen molar-refractivity contribution in [3.8, 4) is 5.75 Å². The van der Waals surface area contributed by atoms with Crippen LogP contribution in [0.5, 0.6) is 5.75 Å². The van der Waals surface area contributed by atoms with Crippen molar-refractivity contribution >= 4 is 10.9 Å². The molecule has 0 fully saturated rings. The summed E-state index contributed by atoms with van der Waals surface area (Å²) in [5.41, 5.74) is 9.86. The zero-order valence-electron chi connectivity index (χ0n) is 13.4. The third kappa shape index (κ3) is 3.73. The Kier molecular flexibility index (Phi) is 4.95. The zero-order valence-corrected chi connectivity index (χ0v) is 13.4. The summed E-state index contributed by atoms with van der Waals surface area (Å²) in [6, 6.07) is 16.4. The summed E-state index contributed by atoms with van der Waals surface area (Å²) in [5.74, 6) is 0.908. The second-order valence-corrected chi connectivity index (χ2v) is 5.77. The van der Waals surface area contributed by atoms with Gasteiger partial charge in [0, 0.05) is 41.8 Å². The molecular weight excluding hydrogens is 286 g/mol. The fourth-order valence-electron chi connectivity index (χ4n) is 2.90. The standard InChI is InChI=1S/C19H23N3O/c1-23-19-9-5-2-6-14(19)11-21-13-16(20)10-15-12-22-18-8-4-3-7-17(15)18/h2-9,12,16,21-22H,10-11,13,20H2,1H3. The van der Waals surface area contributed by atoms with Crippen LogP contribution < -0.4 is 15.8 Å². The molecule has 2 aromatic carbocycles. The van der Waals surface area contributed by atoms with Crippen LogP contribution in [0.3, 0.4) is 0 Å². The number of methoxy groups -OCH3 is 1. The number of nitrogens with one attached hydrogen (secondary N) is 2. The normalized spacial score (nSPS) is 12.4. The van der Waals surface area contributed by atoms with Gasteiger partial charge in [-0.15, -0.1) is 0 Å². The quantitative estimate of drug-likeness (QED) is 0.629. The zero-order chi connectivity index (χ0) is 16.1. The van der Waals surface area contributed by atoms with Gasteiger partial charge in [0.15, 0.2) is 0 Å². The Morgan fingerprint density at radius 3 is 2.74 bits per heavy atom. The van der Waals surface area contributed by atoms with Crippen LogP contribution in [0.25, 0.3) is 10.9 Å². The van der Waals surface area contributed by atoms with E-state index in [0.717, 1.165) is 36.3 Å². The minimum atomic E-state index is 0.0731. The van der Waals surface area contributed by atoms with Gasteiger partial charge in [-0.05, 0) is 24.1 Å². The SMILES string of the molecule is COc1ccccc1CNCC(N)Cc1c[nH]c2ccccc12. The predicted octanol–water partition coefficient (Wildman–Crippen LogP) is 2.84. The fraction of sp³-hybridized carbons (Fsp3) is 0.263. The van der Waals surface area contributed by atoms with Gasteiger partial charge in [0.1, 0.15) is 5.75 Å². The van der Waals surface area contributed by atoms with E-state index in [1.165, 1.54) is 10.9 Å². The highest BCUT2D eigenvalue weighted by molar-refractivity contribution is 5.83. The van der Waals surface area contributed by atoms with E-state index in [2.05, 4.69) is 40.8 Å². The van der Waals surface area contributed by atoms with Crippen molar-refractivity contribution in [1.82, 2.24) is 10.3 Å². The number of ether oxygens (including phenoxy) is 1. The van der Waals surface area contributed by atoms with Crippen LogP contribution in [0.15, 0.2) is 54.7 Å². The highest BCUT2D eigenvalue weighted by Gasteiger charge is 2.09. The molecule has 4 nitrogen and oxygen atoms in total. The number of rotatable bonds is 7. The Balaban J connectivity index is 1.54. The number of para-hydroxylation sites is 2. The molecule has 1 atom stereocenters. The first kappa shape index (κ1) is 15.6. The fourth-order valence-corrected chi connectivity index (χ4v) is 2.90. The molecule has 4 N–H and O–H groups in total. The van der Waals surface area contributed by atoms with Crippen LogP contribution in [-0.4, -0.2) is 24.7 Å². The third-order valence-corrected chi connectivity index (χ3v) is 4.07. The van der Waals surface area contributed by atoms with Gasteiger partial charge in [0.25, 0.3) is 0 Å². The van der Waals surface area contributed by atoms with Crippen LogP contribution in [0.1, 0.15) is 11.1 Å². The second kappa shape index (κ2) is 7.31. The van der Waals surface area contributed by atoms with E-state index in [4.69, 9.17) is 10.5 Å². The first-order valence-electron chi connectivity index (χ1n) is 7.91. The number of benzene rings is 2. The summed E-state index contributed by atoms with van der Waals surface area (Å²) in [6.45, 7) is 1.52. The number of fused-ring (bicyclic) bond motifs is 1. The van der Waals surface area contributed by atoms with E-state index in [1.807, 2.05) is 24.3 Å². The van der Waals surface area contributed by atoms with Crippen LogP contribution in [0.2, 0.25) is 0 Å². The van der Waals surface area contributed by atoms with Gasteiger partial charge in [-0.3, -0.25) is 0 Å². The van der Waals surface area contributed by atoms with Crippen molar-refractivity contribution in [3.63, 3.8) is 0 Å². The van der Waals surface area contributed by atoms with E-state index < -0.39 is 0 Å². The third-order valence-electron chi connectivity index (χ3n) is 4.07. The Morgan fingerprint density at radius 2 is 1.87 bits per heavy atom. The molecule has 3 rings (SSSR count). The van der Waals surface area contributed by atoms with Crippen molar-refractivity contribution in [1.29, 1.82) is 0 Å². The molecule has 1 heterocycles.